The second-order valence-electron chi connectivity index (χ2n) is 7.32. The standard InChI is InChI=1S/C19H25N3O5/c1-6-7-11-8-12-15(24)14(18(26)22(5)16(12)20-9-11)17(25)21-10-13(23)27-19(2,3)4/h8-9,24H,6-7,10H2,1-5H3,(H,21,25). The number of hydrogen-bond acceptors (Lipinski definition) is 6. The van der Waals surface area contributed by atoms with E-state index in [9.17, 15) is 19.5 Å². The average molecular weight is 375 g/mol. The molecule has 0 atom stereocenters. The van der Waals surface area contributed by atoms with Crippen LogP contribution < -0.4 is 10.9 Å². The van der Waals surface area contributed by atoms with E-state index >= 15 is 0 Å². The fourth-order valence-electron chi connectivity index (χ4n) is 2.69. The molecule has 2 heterocycles. The monoisotopic (exact) mass is 375 g/mol. The maximum Gasteiger partial charge on any atom is 0.325 e. The van der Waals surface area contributed by atoms with Crippen molar-refractivity contribution in [1.29, 1.82) is 0 Å². The summed E-state index contributed by atoms with van der Waals surface area (Å²) in [5, 5.41) is 13.2. The molecule has 0 fully saturated rings. The molecule has 8 heteroatoms. The van der Waals surface area contributed by atoms with Crippen LogP contribution in [0.1, 0.15) is 50.0 Å². The Labute approximate surface area is 157 Å². The lowest BCUT2D eigenvalue weighted by atomic mass is 10.1. The van der Waals surface area contributed by atoms with Gasteiger partial charge in [-0.2, -0.15) is 0 Å². The molecule has 1 amide bonds. The molecule has 27 heavy (non-hydrogen) atoms. The fraction of sp³-hybridized carbons (Fsp3) is 0.474. The number of nitrogens with zero attached hydrogens (tertiary/aromatic N) is 2. The molecule has 0 aromatic carbocycles. The van der Waals surface area contributed by atoms with E-state index in [0.717, 1.165) is 18.4 Å². The highest BCUT2D eigenvalue weighted by Gasteiger charge is 2.23. The molecule has 0 aliphatic rings. The molecule has 8 nitrogen and oxygen atoms in total. The molecule has 0 aliphatic heterocycles. The molecule has 2 rings (SSSR count). The van der Waals surface area contributed by atoms with Crippen molar-refractivity contribution in [3.05, 3.63) is 33.7 Å². The summed E-state index contributed by atoms with van der Waals surface area (Å²) in [5.41, 5.74) is -0.647. The van der Waals surface area contributed by atoms with E-state index in [0.29, 0.717) is 5.39 Å². The van der Waals surface area contributed by atoms with E-state index < -0.39 is 40.9 Å². The smallest absolute Gasteiger partial charge is 0.325 e. The number of amides is 1. The van der Waals surface area contributed by atoms with Crippen molar-refractivity contribution in [2.24, 2.45) is 7.05 Å². The quantitative estimate of drug-likeness (QED) is 0.769. The third-order valence-electron chi connectivity index (χ3n) is 3.83. The summed E-state index contributed by atoms with van der Waals surface area (Å²) in [6, 6.07) is 1.71. The van der Waals surface area contributed by atoms with Gasteiger partial charge in [0.15, 0.2) is 0 Å². The number of nitrogens with one attached hydrogen (secondary N) is 1. The summed E-state index contributed by atoms with van der Waals surface area (Å²) in [6.45, 7) is 6.72. The number of esters is 1. The third-order valence-corrected chi connectivity index (χ3v) is 3.83. The Bertz CT molecular complexity index is 941. The van der Waals surface area contributed by atoms with Crippen molar-refractivity contribution in [2.75, 3.05) is 6.54 Å². The van der Waals surface area contributed by atoms with Gasteiger partial charge in [0.05, 0.1) is 5.39 Å². The third kappa shape index (κ3) is 4.64. The first-order chi connectivity index (χ1) is 12.5. The Balaban J connectivity index is 2.38. The average Bonchev–Trinajstić information content (AvgIpc) is 2.57. The van der Waals surface area contributed by atoms with Crippen molar-refractivity contribution < 1.29 is 19.4 Å². The normalized spacial score (nSPS) is 11.4. The molecule has 0 saturated heterocycles. The first-order valence-corrected chi connectivity index (χ1v) is 8.75. The van der Waals surface area contributed by atoms with Gasteiger partial charge in [0, 0.05) is 13.2 Å². The van der Waals surface area contributed by atoms with Crippen LogP contribution in [-0.4, -0.2) is 38.7 Å². The molecule has 146 valence electrons. The van der Waals surface area contributed by atoms with Crippen LogP contribution in [0.15, 0.2) is 17.1 Å². The van der Waals surface area contributed by atoms with Gasteiger partial charge < -0.3 is 15.2 Å². The van der Waals surface area contributed by atoms with Gasteiger partial charge in [0.25, 0.3) is 11.5 Å². The van der Waals surface area contributed by atoms with Crippen LogP contribution in [0.4, 0.5) is 0 Å². The number of carbonyl (C=O) groups excluding carboxylic acids is 2. The van der Waals surface area contributed by atoms with E-state index in [4.69, 9.17) is 4.74 Å². The van der Waals surface area contributed by atoms with Crippen molar-refractivity contribution in [2.45, 2.75) is 46.1 Å². The van der Waals surface area contributed by atoms with Crippen LogP contribution in [0.3, 0.4) is 0 Å². The molecule has 0 unspecified atom stereocenters. The molecule has 0 spiro atoms. The van der Waals surface area contributed by atoms with Gasteiger partial charge in [-0.05, 0) is 38.8 Å². The number of aromatic nitrogens is 2. The maximum absolute atomic E-state index is 12.5. The second kappa shape index (κ2) is 7.77. The molecule has 0 saturated carbocycles. The second-order valence-corrected chi connectivity index (χ2v) is 7.32. The summed E-state index contributed by atoms with van der Waals surface area (Å²) < 4.78 is 6.31. The largest absolute Gasteiger partial charge is 0.506 e. The zero-order chi connectivity index (χ0) is 20.4. The van der Waals surface area contributed by atoms with Gasteiger partial charge in [0.2, 0.25) is 0 Å². The number of aromatic hydroxyl groups is 1. The Morgan fingerprint density at radius 1 is 1.33 bits per heavy atom. The predicted molar refractivity (Wildman–Crippen MR) is 101 cm³/mol. The lowest BCUT2D eigenvalue weighted by Crippen LogP contribution is -2.37. The molecular formula is C19H25N3O5. The Morgan fingerprint density at radius 3 is 2.59 bits per heavy atom. The lowest BCUT2D eigenvalue weighted by Gasteiger charge is -2.19. The topological polar surface area (TPSA) is 111 Å². The van der Waals surface area contributed by atoms with Gasteiger partial charge in [0.1, 0.15) is 29.1 Å². The first kappa shape index (κ1) is 20.4. The molecule has 0 aliphatic carbocycles. The zero-order valence-corrected chi connectivity index (χ0v) is 16.3. The van der Waals surface area contributed by atoms with E-state index in [1.165, 1.54) is 11.6 Å². The zero-order valence-electron chi connectivity index (χ0n) is 16.3. The Hall–Kier alpha value is -2.90. The fourth-order valence-corrected chi connectivity index (χ4v) is 2.69. The van der Waals surface area contributed by atoms with Crippen molar-refractivity contribution in [3.63, 3.8) is 0 Å². The lowest BCUT2D eigenvalue weighted by molar-refractivity contribution is -0.153. The van der Waals surface area contributed by atoms with Crippen LogP contribution in [0.2, 0.25) is 0 Å². The molecule has 2 N–H and O–H groups in total. The van der Waals surface area contributed by atoms with Crippen molar-refractivity contribution in [1.82, 2.24) is 14.9 Å². The summed E-state index contributed by atoms with van der Waals surface area (Å²) in [4.78, 5) is 41.0. The molecule has 2 aromatic heterocycles. The number of hydrogen-bond donors (Lipinski definition) is 2. The number of ether oxygens (including phenoxy) is 1. The molecule has 0 radical (unpaired) electrons. The number of pyridine rings is 2. The van der Waals surface area contributed by atoms with Crippen molar-refractivity contribution >= 4 is 22.9 Å². The van der Waals surface area contributed by atoms with Gasteiger partial charge >= 0.3 is 5.97 Å². The van der Waals surface area contributed by atoms with Crippen LogP contribution in [0, 0.1) is 0 Å². The highest BCUT2D eigenvalue weighted by atomic mass is 16.6. The summed E-state index contributed by atoms with van der Waals surface area (Å²) in [7, 11) is 1.47. The highest BCUT2D eigenvalue weighted by molar-refractivity contribution is 6.02. The molecular weight excluding hydrogens is 350 g/mol. The minimum absolute atomic E-state index is 0.279. The highest BCUT2D eigenvalue weighted by Crippen LogP contribution is 2.26. The van der Waals surface area contributed by atoms with Crippen LogP contribution >= 0.6 is 0 Å². The van der Waals surface area contributed by atoms with E-state index in [1.807, 2.05) is 6.92 Å². The minimum atomic E-state index is -0.846. The van der Waals surface area contributed by atoms with Crippen LogP contribution in [0.5, 0.6) is 5.75 Å². The van der Waals surface area contributed by atoms with Crippen LogP contribution in [-0.2, 0) is 23.0 Å². The van der Waals surface area contributed by atoms with Gasteiger partial charge in [-0.15, -0.1) is 0 Å². The van der Waals surface area contributed by atoms with Gasteiger partial charge in [-0.25, -0.2) is 4.98 Å². The van der Waals surface area contributed by atoms with Crippen LogP contribution in [0.25, 0.3) is 11.0 Å². The summed E-state index contributed by atoms with van der Waals surface area (Å²) >= 11 is 0. The summed E-state index contributed by atoms with van der Waals surface area (Å²) in [6.07, 6.45) is 3.29. The number of carbonyl (C=O) groups is 2. The van der Waals surface area contributed by atoms with Gasteiger partial charge in [-0.1, -0.05) is 13.3 Å². The Kier molecular flexibility index (Phi) is 5.88. The van der Waals surface area contributed by atoms with E-state index in [1.54, 1.807) is 33.0 Å². The predicted octanol–water partition coefficient (Wildman–Crippen LogP) is 1.66. The number of fused-ring (bicyclic) bond motifs is 1. The SMILES string of the molecule is CCCc1cnc2c(c1)c(O)c(C(=O)NCC(=O)OC(C)(C)C)c(=O)n2C. The summed E-state index contributed by atoms with van der Waals surface area (Å²) in [5.74, 6) is -1.93. The minimum Gasteiger partial charge on any atom is -0.506 e. The molecule has 2 aromatic rings. The van der Waals surface area contributed by atoms with E-state index in [-0.39, 0.29) is 5.65 Å². The van der Waals surface area contributed by atoms with Crippen molar-refractivity contribution in [3.8, 4) is 5.75 Å². The first-order valence-electron chi connectivity index (χ1n) is 8.75. The number of aryl methyl sites for hydroxylation is 2. The van der Waals surface area contributed by atoms with Gasteiger partial charge in [-0.3, -0.25) is 19.0 Å². The molecule has 0 bridgehead atoms. The number of rotatable bonds is 5. The van der Waals surface area contributed by atoms with E-state index in [2.05, 4.69) is 10.3 Å². The maximum atomic E-state index is 12.5. The Morgan fingerprint density at radius 2 is 2.00 bits per heavy atom.